The molecule has 1 heterocycles. The monoisotopic (exact) mass is 404 g/mol. The van der Waals surface area contributed by atoms with Crippen molar-refractivity contribution in [2.45, 2.75) is 23.2 Å². The van der Waals surface area contributed by atoms with E-state index in [4.69, 9.17) is 37.8 Å². The number of hydrogen-bond acceptors (Lipinski definition) is 6. The van der Waals surface area contributed by atoms with E-state index < -0.39 is 22.5 Å². The first kappa shape index (κ1) is 17.7. The Bertz CT molecular complexity index is 972. The van der Waals surface area contributed by atoms with Crippen LogP contribution in [-0.2, 0) is 14.6 Å². The molecule has 0 radical (unpaired) electrons. The highest BCUT2D eigenvalue weighted by molar-refractivity contribution is 7.91. The topological polar surface area (TPSA) is 99.1 Å². The molecule has 1 N–H and O–H groups in total. The second-order valence-corrected chi connectivity index (χ2v) is 7.78. The molecule has 0 spiro atoms. The Labute approximate surface area is 152 Å². The minimum Gasteiger partial charge on any atom is -0.450 e. The van der Waals surface area contributed by atoms with E-state index in [-0.39, 0.29) is 31.3 Å². The second kappa shape index (κ2) is 6.29. The maximum atomic E-state index is 12.9. The Morgan fingerprint density at radius 2 is 1.76 bits per heavy atom. The third-order valence-electron chi connectivity index (χ3n) is 3.36. The number of hydrogen-bond donors (Lipinski definition) is 1. The van der Waals surface area contributed by atoms with Gasteiger partial charge in [0.25, 0.3) is 0 Å². The zero-order valence-corrected chi connectivity index (χ0v) is 14.9. The highest BCUT2D eigenvalue weighted by atomic mass is 35.5. The number of carboxylic acid groups (broad SMARTS) is 1. The normalized spacial score (nSPS) is 15.9. The van der Waals surface area contributed by atoms with Gasteiger partial charge in [0.1, 0.15) is 0 Å². The molecule has 132 valence electrons. The van der Waals surface area contributed by atoms with E-state index in [1.54, 1.807) is 6.92 Å². The van der Waals surface area contributed by atoms with Crippen LogP contribution >= 0.6 is 23.2 Å². The van der Waals surface area contributed by atoms with Gasteiger partial charge in [-0.05, 0) is 36.8 Å². The minimum absolute atomic E-state index is 0.0218. The Balaban J connectivity index is 2.05. The average Bonchev–Trinajstić information content (AvgIpc) is 2.88. The number of rotatable bonds is 3. The van der Waals surface area contributed by atoms with Gasteiger partial charge in [-0.25, -0.2) is 13.2 Å². The van der Waals surface area contributed by atoms with Crippen molar-refractivity contribution in [1.29, 1.82) is 0 Å². The molecule has 1 atom stereocenters. The van der Waals surface area contributed by atoms with Gasteiger partial charge in [0, 0.05) is 11.1 Å². The van der Waals surface area contributed by atoms with Gasteiger partial charge in [-0.2, -0.15) is 0 Å². The van der Waals surface area contributed by atoms with E-state index in [1.165, 1.54) is 30.3 Å². The quantitative estimate of drug-likeness (QED) is 0.774. The lowest BCUT2D eigenvalue weighted by Crippen LogP contribution is -2.24. The van der Waals surface area contributed by atoms with Crippen molar-refractivity contribution in [3.63, 3.8) is 0 Å². The molecule has 0 aliphatic carbocycles. The molecule has 0 aromatic heterocycles. The molecule has 3 rings (SSSR count). The number of benzene rings is 2. The fraction of sp³-hybridized carbons (Fsp3) is 0.133. The maximum absolute atomic E-state index is 12.9. The van der Waals surface area contributed by atoms with Gasteiger partial charge < -0.3 is 19.3 Å². The summed E-state index contributed by atoms with van der Waals surface area (Å²) in [5.74, 6) is 0.202. The van der Waals surface area contributed by atoms with Gasteiger partial charge in [0.15, 0.2) is 11.5 Å². The Morgan fingerprint density at radius 1 is 1.12 bits per heavy atom. The van der Waals surface area contributed by atoms with Crippen molar-refractivity contribution in [3.8, 4) is 11.5 Å². The molecule has 1 unspecified atom stereocenters. The highest BCUT2D eigenvalue weighted by Gasteiger charge is 2.32. The molecular formula is C15H10Cl2O7S. The molecule has 25 heavy (non-hydrogen) atoms. The molecule has 0 fully saturated rings. The van der Waals surface area contributed by atoms with Crippen molar-refractivity contribution >= 4 is 39.2 Å². The van der Waals surface area contributed by atoms with Crippen LogP contribution in [0.5, 0.6) is 11.5 Å². The van der Waals surface area contributed by atoms with Crippen LogP contribution in [0.2, 0.25) is 10.0 Å². The van der Waals surface area contributed by atoms with E-state index in [1.807, 2.05) is 0 Å². The van der Waals surface area contributed by atoms with Crippen LogP contribution in [0.4, 0.5) is 4.79 Å². The van der Waals surface area contributed by atoms with Crippen LogP contribution < -0.4 is 9.47 Å². The van der Waals surface area contributed by atoms with Crippen molar-refractivity contribution in [3.05, 3.63) is 45.9 Å². The Hall–Kier alpha value is -2.16. The highest BCUT2D eigenvalue weighted by Crippen LogP contribution is 2.41. The number of ether oxygens (including phenoxy) is 3. The van der Waals surface area contributed by atoms with E-state index in [0.717, 1.165) is 0 Å². The number of halogens is 2. The van der Waals surface area contributed by atoms with Gasteiger partial charge in [-0.1, -0.05) is 23.2 Å². The molecule has 0 saturated heterocycles. The van der Waals surface area contributed by atoms with Gasteiger partial charge in [-0.15, -0.1) is 0 Å². The van der Waals surface area contributed by atoms with Crippen LogP contribution in [0.3, 0.4) is 0 Å². The summed E-state index contributed by atoms with van der Waals surface area (Å²) in [5.41, 5.74) is 0.356. The molecule has 0 amide bonds. The summed E-state index contributed by atoms with van der Waals surface area (Å²) >= 11 is 11.9. The lowest BCUT2D eigenvalue weighted by molar-refractivity contribution is -0.147. The smallest absolute Gasteiger partial charge is 0.450 e. The second-order valence-electron chi connectivity index (χ2n) is 5.05. The first-order chi connectivity index (χ1) is 11.7. The summed E-state index contributed by atoms with van der Waals surface area (Å²) in [4.78, 5) is 10.3. The number of sulfone groups is 1. The van der Waals surface area contributed by atoms with Gasteiger partial charge in [0.05, 0.1) is 14.8 Å². The standard InChI is InChI=1S/C15H10Cl2O7S/c1-7-4-10-11(23-15(22-10)24-14(18)19)6-12(7)25(20,21)13-5-8(16)2-3-9(13)17/h2-6,15H,1H3,(H,18,19). The van der Waals surface area contributed by atoms with E-state index in [9.17, 15) is 13.2 Å². The Morgan fingerprint density at radius 3 is 2.40 bits per heavy atom. The van der Waals surface area contributed by atoms with E-state index in [2.05, 4.69) is 4.74 Å². The summed E-state index contributed by atoms with van der Waals surface area (Å²) < 4.78 is 40.5. The molecule has 2 aromatic carbocycles. The lowest BCUT2D eigenvalue weighted by Gasteiger charge is -2.10. The molecule has 1 aliphatic rings. The maximum Gasteiger partial charge on any atom is 0.511 e. The minimum atomic E-state index is -3.99. The van der Waals surface area contributed by atoms with E-state index in [0.29, 0.717) is 5.56 Å². The molecular weight excluding hydrogens is 395 g/mol. The summed E-state index contributed by atoms with van der Waals surface area (Å²) in [6.45, 7) is 0.0555. The SMILES string of the molecule is Cc1cc2c(cc1S(=O)(=O)c1cc(Cl)ccc1Cl)OC(OC(=O)O)O2. The molecule has 0 saturated carbocycles. The predicted molar refractivity (Wildman–Crippen MR) is 87.2 cm³/mol. The number of aryl methyl sites for hydroxylation is 1. The zero-order valence-electron chi connectivity index (χ0n) is 12.5. The predicted octanol–water partition coefficient (Wildman–Crippen LogP) is 3.88. The van der Waals surface area contributed by atoms with Crippen molar-refractivity contribution in [2.75, 3.05) is 0 Å². The molecule has 0 bridgehead atoms. The third kappa shape index (κ3) is 3.33. The summed E-state index contributed by atoms with van der Waals surface area (Å²) in [6.07, 6.45) is -1.59. The molecule has 1 aliphatic heterocycles. The van der Waals surface area contributed by atoms with Crippen LogP contribution in [0.25, 0.3) is 0 Å². The van der Waals surface area contributed by atoms with Gasteiger partial charge in [0.2, 0.25) is 9.84 Å². The first-order valence-electron chi connectivity index (χ1n) is 6.76. The fourth-order valence-corrected chi connectivity index (χ4v) is 4.53. The zero-order chi connectivity index (χ0) is 18.4. The van der Waals surface area contributed by atoms with Crippen molar-refractivity contribution in [1.82, 2.24) is 0 Å². The first-order valence-corrected chi connectivity index (χ1v) is 9.00. The fourth-order valence-electron chi connectivity index (χ4n) is 2.28. The molecule has 7 nitrogen and oxygen atoms in total. The largest absolute Gasteiger partial charge is 0.511 e. The van der Waals surface area contributed by atoms with Crippen LogP contribution in [-0.4, -0.2) is 26.2 Å². The third-order valence-corrected chi connectivity index (χ3v) is 5.97. The number of fused-ring (bicyclic) bond motifs is 1. The van der Waals surface area contributed by atoms with Crippen molar-refractivity contribution in [2.24, 2.45) is 0 Å². The average molecular weight is 405 g/mol. The Kier molecular flexibility index (Phi) is 4.44. The molecule has 2 aromatic rings. The summed E-state index contributed by atoms with van der Waals surface area (Å²) in [7, 11) is -3.99. The number of carbonyl (C=O) groups is 1. The summed E-state index contributed by atoms with van der Waals surface area (Å²) in [6, 6.07) is 6.74. The summed E-state index contributed by atoms with van der Waals surface area (Å²) in [5, 5.41) is 8.83. The van der Waals surface area contributed by atoms with Crippen LogP contribution in [0, 0.1) is 6.92 Å². The molecule has 10 heteroatoms. The van der Waals surface area contributed by atoms with Crippen LogP contribution in [0.1, 0.15) is 5.56 Å². The van der Waals surface area contributed by atoms with Gasteiger partial charge in [-0.3, -0.25) is 0 Å². The van der Waals surface area contributed by atoms with E-state index >= 15 is 0 Å². The van der Waals surface area contributed by atoms with Crippen LogP contribution in [0.15, 0.2) is 40.1 Å². The van der Waals surface area contributed by atoms with Gasteiger partial charge >= 0.3 is 12.6 Å². The lowest BCUT2D eigenvalue weighted by atomic mass is 10.2. The van der Waals surface area contributed by atoms with Crippen molar-refractivity contribution < 1.29 is 32.5 Å².